The molecule has 1 aromatic heterocycles. The third-order valence-corrected chi connectivity index (χ3v) is 3.89. The second-order valence-electron chi connectivity index (χ2n) is 5.69. The quantitative estimate of drug-likeness (QED) is 0.715. The molecule has 0 aliphatic carbocycles. The third-order valence-electron chi connectivity index (χ3n) is 3.89. The van der Waals surface area contributed by atoms with Crippen LogP contribution < -0.4 is 10.6 Å². The Bertz CT molecular complexity index is 755. The van der Waals surface area contributed by atoms with Crippen LogP contribution in [-0.2, 0) is 4.79 Å². The number of hydrogen-bond acceptors (Lipinski definition) is 4. The standard InChI is InChI=1S/C18H20N2O5/c1-3-11(2)15(18(23)24)20-16(21)12-6-4-7-13(10-12)19-17(22)14-8-5-9-25-14/h4-11,15H,3H2,1-2H3,(H,19,22)(H,20,21)(H,23,24)/t11-,15-/m0/s1. The SMILES string of the molecule is CC[C@H](C)[C@H](NC(=O)c1cccc(NC(=O)c2ccco2)c1)C(=O)O. The maximum Gasteiger partial charge on any atom is 0.326 e. The van der Waals surface area contributed by atoms with E-state index in [1.807, 2.05) is 6.92 Å². The molecule has 2 rings (SSSR count). The summed E-state index contributed by atoms with van der Waals surface area (Å²) in [4.78, 5) is 35.6. The smallest absolute Gasteiger partial charge is 0.326 e. The van der Waals surface area contributed by atoms with Gasteiger partial charge in [0.2, 0.25) is 0 Å². The van der Waals surface area contributed by atoms with Gasteiger partial charge in [-0.2, -0.15) is 0 Å². The second kappa shape index (κ2) is 8.14. The highest BCUT2D eigenvalue weighted by molar-refractivity contribution is 6.03. The lowest BCUT2D eigenvalue weighted by Crippen LogP contribution is -2.45. The summed E-state index contributed by atoms with van der Waals surface area (Å²) in [5.74, 6) is -2.08. The highest BCUT2D eigenvalue weighted by atomic mass is 16.4. The van der Waals surface area contributed by atoms with E-state index < -0.39 is 23.8 Å². The summed E-state index contributed by atoms with van der Waals surface area (Å²) in [6, 6.07) is 8.40. The Hall–Kier alpha value is -3.09. The first-order valence-corrected chi connectivity index (χ1v) is 7.91. The monoisotopic (exact) mass is 344 g/mol. The first-order chi connectivity index (χ1) is 11.9. The highest BCUT2D eigenvalue weighted by Crippen LogP contribution is 2.14. The van der Waals surface area contributed by atoms with Crippen LogP contribution in [0.4, 0.5) is 5.69 Å². The van der Waals surface area contributed by atoms with Crippen LogP contribution in [-0.4, -0.2) is 28.9 Å². The minimum Gasteiger partial charge on any atom is -0.480 e. The van der Waals surface area contributed by atoms with Gasteiger partial charge in [-0.3, -0.25) is 9.59 Å². The molecule has 0 aliphatic rings. The first kappa shape index (κ1) is 18.3. The molecule has 2 amide bonds. The van der Waals surface area contributed by atoms with Crippen LogP contribution in [0.25, 0.3) is 0 Å². The number of amides is 2. The van der Waals surface area contributed by atoms with E-state index in [0.29, 0.717) is 12.1 Å². The first-order valence-electron chi connectivity index (χ1n) is 7.91. The highest BCUT2D eigenvalue weighted by Gasteiger charge is 2.25. The summed E-state index contributed by atoms with van der Waals surface area (Å²) in [6.07, 6.45) is 2.01. The molecule has 132 valence electrons. The van der Waals surface area contributed by atoms with Gasteiger partial charge in [0, 0.05) is 11.3 Å². The minimum absolute atomic E-state index is 0.151. The molecule has 0 unspecified atom stereocenters. The van der Waals surface area contributed by atoms with Crippen molar-refractivity contribution in [3.63, 3.8) is 0 Å². The lowest BCUT2D eigenvalue weighted by Gasteiger charge is -2.20. The predicted molar refractivity (Wildman–Crippen MR) is 91.4 cm³/mol. The van der Waals surface area contributed by atoms with Crippen LogP contribution in [0.2, 0.25) is 0 Å². The molecule has 0 saturated heterocycles. The minimum atomic E-state index is -1.08. The summed E-state index contributed by atoms with van der Waals surface area (Å²) in [5, 5.41) is 14.4. The van der Waals surface area contributed by atoms with Gasteiger partial charge in [-0.05, 0) is 36.2 Å². The van der Waals surface area contributed by atoms with Crippen molar-refractivity contribution in [1.82, 2.24) is 5.32 Å². The Morgan fingerprint density at radius 2 is 1.92 bits per heavy atom. The van der Waals surface area contributed by atoms with E-state index in [1.165, 1.54) is 18.4 Å². The van der Waals surface area contributed by atoms with Crippen molar-refractivity contribution in [2.75, 3.05) is 5.32 Å². The van der Waals surface area contributed by atoms with Gasteiger partial charge >= 0.3 is 5.97 Å². The summed E-state index contributed by atoms with van der Waals surface area (Å²) in [5.41, 5.74) is 0.663. The molecule has 3 N–H and O–H groups in total. The average molecular weight is 344 g/mol. The van der Waals surface area contributed by atoms with Crippen LogP contribution in [0.3, 0.4) is 0 Å². The molecule has 2 aromatic rings. The molecule has 0 radical (unpaired) electrons. The fraction of sp³-hybridized carbons (Fsp3) is 0.278. The Morgan fingerprint density at radius 3 is 2.52 bits per heavy atom. The fourth-order valence-electron chi connectivity index (χ4n) is 2.25. The largest absolute Gasteiger partial charge is 0.480 e. The zero-order chi connectivity index (χ0) is 18.4. The number of carboxylic acids is 1. The van der Waals surface area contributed by atoms with Crippen LogP contribution in [0.1, 0.15) is 41.2 Å². The Balaban J connectivity index is 2.10. The van der Waals surface area contributed by atoms with Crippen molar-refractivity contribution < 1.29 is 23.9 Å². The van der Waals surface area contributed by atoms with Gasteiger partial charge in [0.05, 0.1) is 6.26 Å². The van der Waals surface area contributed by atoms with Gasteiger partial charge in [0.25, 0.3) is 11.8 Å². The molecule has 1 heterocycles. The van der Waals surface area contributed by atoms with E-state index >= 15 is 0 Å². The van der Waals surface area contributed by atoms with Crippen LogP contribution in [0.15, 0.2) is 47.1 Å². The molecule has 0 bridgehead atoms. The van der Waals surface area contributed by atoms with Crippen LogP contribution in [0, 0.1) is 5.92 Å². The molecule has 0 aliphatic heterocycles. The van der Waals surface area contributed by atoms with E-state index in [1.54, 1.807) is 31.2 Å². The number of carbonyl (C=O) groups excluding carboxylic acids is 2. The normalized spacial score (nSPS) is 12.9. The average Bonchev–Trinajstić information content (AvgIpc) is 3.13. The maximum atomic E-state index is 12.3. The number of anilines is 1. The van der Waals surface area contributed by atoms with Crippen molar-refractivity contribution in [2.24, 2.45) is 5.92 Å². The van der Waals surface area contributed by atoms with E-state index in [4.69, 9.17) is 4.42 Å². The zero-order valence-corrected chi connectivity index (χ0v) is 14.0. The lowest BCUT2D eigenvalue weighted by atomic mass is 9.99. The topological polar surface area (TPSA) is 109 Å². The third kappa shape index (κ3) is 4.69. The van der Waals surface area contributed by atoms with E-state index in [0.717, 1.165) is 0 Å². The number of furan rings is 1. The molecule has 0 fully saturated rings. The molecule has 0 spiro atoms. The molecule has 0 saturated carbocycles. The van der Waals surface area contributed by atoms with Gasteiger partial charge in [0.1, 0.15) is 6.04 Å². The predicted octanol–water partition coefficient (Wildman–Crippen LogP) is 2.76. The van der Waals surface area contributed by atoms with Crippen molar-refractivity contribution in [3.05, 3.63) is 54.0 Å². The number of benzene rings is 1. The van der Waals surface area contributed by atoms with Crippen LogP contribution >= 0.6 is 0 Å². The number of hydrogen-bond donors (Lipinski definition) is 3. The van der Waals surface area contributed by atoms with Gasteiger partial charge in [-0.1, -0.05) is 26.3 Å². The molecule has 7 heteroatoms. The Labute approximate surface area is 145 Å². The second-order valence-corrected chi connectivity index (χ2v) is 5.69. The van der Waals surface area contributed by atoms with Gasteiger partial charge in [0.15, 0.2) is 5.76 Å². The van der Waals surface area contributed by atoms with Gasteiger partial charge in [-0.15, -0.1) is 0 Å². The fourth-order valence-corrected chi connectivity index (χ4v) is 2.25. The molecular formula is C18H20N2O5. The van der Waals surface area contributed by atoms with Crippen molar-refractivity contribution in [3.8, 4) is 0 Å². The van der Waals surface area contributed by atoms with Crippen LogP contribution in [0.5, 0.6) is 0 Å². The molecular weight excluding hydrogens is 324 g/mol. The van der Waals surface area contributed by atoms with Gasteiger partial charge < -0.3 is 20.2 Å². The molecule has 25 heavy (non-hydrogen) atoms. The molecule has 2 atom stereocenters. The van der Waals surface area contributed by atoms with Crippen molar-refractivity contribution in [2.45, 2.75) is 26.3 Å². The summed E-state index contributed by atoms with van der Waals surface area (Å²) in [7, 11) is 0. The summed E-state index contributed by atoms with van der Waals surface area (Å²) >= 11 is 0. The van der Waals surface area contributed by atoms with Crippen molar-refractivity contribution in [1.29, 1.82) is 0 Å². The Morgan fingerprint density at radius 1 is 1.16 bits per heavy atom. The maximum absolute atomic E-state index is 12.3. The zero-order valence-electron chi connectivity index (χ0n) is 14.0. The summed E-state index contributed by atoms with van der Waals surface area (Å²) < 4.78 is 5.01. The number of aliphatic carboxylic acids is 1. The number of nitrogens with one attached hydrogen (secondary N) is 2. The summed E-state index contributed by atoms with van der Waals surface area (Å²) in [6.45, 7) is 3.62. The number of rotatable bonds is 7. The Kier molecular flexibility index (Phi) is 5.94. The van der Waals surface area contributed by atoms with E-state index in [2.05, 4.69) is 10.6 Å². The van der Waals surface area contributed by atoms with E-state index in [9.17, 15) is 19.5 Å². The van der Waals surface area contributed by atoms with Crippen molar-refractivity contribution >= 4 is 23.5 Å². The molecule has 1 aromatic carbocycles. The molecule has 7 nitrogen and oxygen atoms in total. The number of carbonyl (C=O) groups is 3. The van der Waals surface area contributed by atoms with E-state index in [-0.39, 0.29) is 17.2 Å². The lowest BCUT2D eigenvalue weighted by molar-refractivity contribution is -0.140. The number of carboxylic acid groups (broad SMARTS) is 1. The van der Waals surface area contributed by atoms with Gasteiger partial charge in [-0.25, -0.2) is 4.79 Å².